The molecule has 0 fully saturated rings. The van der Waals surface area contributed by atoms with Crippen LogP contribution in [0.5, 0.6) is 5.75 Å². The van der Waals surface area contributed by atoms with Crippen LogP contribution in [0.3, 0.4) is 0 Å². The van der Waals surface area contributed by atoms with Gasteiger partial charge in [-0.1, -0.05) is 5.56 Å². The Hall–Kier alpha value is -1.34. The highest BCUT2D eigenvalue weighted by molar-refractivity contribution is 8.05. The normalized spacial score (nSPS) is 13.1. The first kappa shape index (κ1) is 20.7. The molecular formula is C12H16F2O8S2. The number of alkyl halides is 2. The minimum Gasteiger partial charge on any atom is -0.380 e. The molecule has 0 saturated heterocycles. The van der Waals surface area contributed by atoms with E-state index >= 15 is 0 Å². The second-order valence-electron chi connectivity index (χ2n) is 4.75. The van der Waals surface area contributed by atoms with Gasteiger partial charge in [0, 0.05) is 25.3 Å². The molecule has 1 aromatic rings. The molecule has 0 atom stereocenters. The van der Waals surface area contributed by atoms with Crippen molar-refractivity contribution in [1.29, 1.82) is 0 Å². The largest absolute Gasteiger partial charge is 0.506 e. The summed E-state index contributed by atoms with van der Waals surface area (Å²) in [5.41, 5.74) is 0.805. The number of hydrogen-bond donors (Lipinski definition) is 1. The first-order valence-electron chi connectivity index (χ1n) is 6.26. The van der Waals surface area contributed by atoms with Gasteiger partial charge in [-0.3, -0.25) is 4.55 Å². The lowest BCUT2D eigenvalue weighted by molar-refractivity contribution is 0.152. The van der Waals surface area contributed by atoms with Crippen molar-refractivity contribution in [1.82, 2.24) is 0 Å². The van der Waals surface area contributed by atoms with Crippen molar-refractivity contribution < 1.29 is 43.8 Å². The molecule has 0 radical (unpaired) electrons. The van der Waals surface area contributed by atoms with E-state index in [1.807, 2.05) is 0 Å². The second-order valence-corrected chi connectivity index (χ2v) is 8.06. The fourth-order valence-corrected chi connectivity index (χ4v) is 3.51. The Labute approximate surface area is 138 Å². The zero-order chi connectivity index (χ0) is 18.8. The molecule has 0 heterocycles. The van der Waals surface area contributed by atoms with Crippen molar-refractivity contribution in [2.45, 2.75) is 24.7 Å². The fraction of sp³-hybridized carbons (Fsp3) is 0.500. The van der Waals surface area contributed by atoms with Crippen LogP contribution in [0.4, 0.5) is 8.78 Å². The van der Waals surface area contributed by atoms with E-state index < -0.39 is 30.6 Å². The van der Waals surface area contributed by atoms with Gasteiger partial charge in [-0.25, -0.2) is 0 Å². The van der Waals surface area contributed by atoms with Gasteiger partial charge in [-0.05, 0) is 19.1 Å². The van der Waals surface area contributed by atoms with Crippen molar-refractivity contribution in [3.8, 4) is 5.75 Å². The lowest BCUT2D eigenvalue weighted by atomic mass is 10.1. The first-order chi connectivity index (χ1) is 10.9. The maximum atomic E-state index is 13.5. The van der Waals surface area contributed by atoms with E-state index in [1.54, 1.807) is 6.92 Å². The van der Waals surface area contributed by atoms with E-state index in [1.165, 1.54) is 26.4 Å². The lowest BCUT2D eigenvalue weighted by Gasteiger charge is -2.19. The highest BCUT2D eigenvalue weighted by atomic mass is 32.3. The number of halogens is 2. The zero-order valence-electron chi connectivity index (χ0n) is 12.9. The van der Waals surface area contributed by atoms with Crippen molar-refractivity contribution in [3.63, 3.8) is 0 Å². The highest BCUT2D eigenvalue weighted by Crippen LogP contribution is 2.35. The minimum absolute atomic E-state index is 0.0827. The Morgan fingerprint density at radius 2 is 1.46 bits per heavy atom. The molecular weight excluding hydrogens is 374 g/mol. The Morgan fingerprint density at radius 1 is 1.04 bits per heavy atom. The van der Waals surface area contributed by atoms with Gasteiger partial charge in [-0.15, -0.1) is 0 Å². The molecule has 1 aromatic carbocycles. The third-order valence-electron chi connectivity index (χ3n) is 2.77. The van der Waals surface area contributed by atoms with Crippen LogP contribution in [0.25, 0.3) is 0 Å². The smallest absolute Gasteiger partial charge is 0.380 e. The van der Waals surface area contributed by atoms with E-state index in [9.17, 15) is 25.6 Å². The van der Waals surface area contributed by atoms with Gasteiger partial charge < -0.3 is 13.7 Å². The van der Waals surface area contributed by atoms with Crippen LogP contribution in [-0.4, -0.2) is 40.2 Å². The minimum atomic E-state index is -6.25. The van der Waals surface area contributed by atoms with Gasteiger partial charge in [0.25, 0.3) is 0 Å². The van der Waals surface area contributed by atoms with E-state index in [2.05, 4.69) is 4.18 Å². The predicted octanol–water partition coefficient (Wildman–Crippen LogP) is 1.43. The monoisotopic (exact) mass is 390 g/mol. The number of aryl methyl sites for hydroxylation is 1. The van der Waals surface area contributed by atoms with Crippen molar-refractivity contribution in [2.75, 3.05) is 14.2 Å². The molecule has 0 aliphatic carbocycles. The summed E-state index contributed by atoms with van der Waals surface area (Å²) >= 11 is 0. The molecule has 0 saturated carbocycles. The van der Waals surface area contributed by atoms with Gasteiger partial charge in [0.15, 0.2) is 5.75 Å². The highest BCUT2D eigenvalue weighted by Gasteiger charge is 2.60. The standard InChI is InChI=1S/C12H16F2O8S2/c1-8-4-9(6-20-2)11(10(5-8)7-21-3)22-24(18,19)12(13,14)23(15,16)17/h4-5H,6-7H2,1-3H3,(H,15,16,17). The third kappa shape index (κ3) is 4.19. The summed E-state index contributed by atoms with van der Waals surface area (Å²) in [6, 6.07) is 2.83. The summed E-state index contributed by atoms with van der Waals surface area (Å²) in [6.45, 7) is 1.27. The number of rotatable bonds is 8. The van der Waals surface area contributed by atoms with Crippen LogP contribution in [-0.2, 0) is 42.9 Å². The Morgan fingerprint density at radius 3 is 1.79 bits per heavy atom. The predicted molar refractivity (Wildman–Crippen MR) is 78.6 cm³/mol. The molecule has 0 aromatic heterocycles. The Kier molecular flexibility index (Phi) is 6.27. The molecule has 1 rings (SSSR count). The SMILES string of the molecule is COCc1cc(C)cc(COC)c1OS(=O)(=O)C(F)(F)S(=O)(=O)O. The summed E-state index contributed by atoms with van der Waals surface area (Å²) in [6.07, 6.45) is 0. The van der Waals surface area contributed by atoms with Crippen molar-refractivity contribution in [3.05, 3.63) is 28.8 Å². The molecule has 0 amide bonds. The lowest BCUT2D eigenvalue weighted by Crippen LogP contribution is -2.40. The van der Waals surface area contributed by atoms with Crippen molar-refractivity contribution in [2.24, 2.45) is 0 Å². The number of ether oxygens (including phenoxy) is 2. The molecule has 0 bridgehead atoms. The van der Waals surface area contributed by atoms with E-state index in [0.29, 0.717) is 5.56 Å². The maximum Gasteiger partial charge on any atom is 0.506 e. The van der Waals surface area contributed by atoms with Crippen molar-refractivity contribution >= 4 is 20.2 Å². The van der Waals surface area contributed by atoms with Crippen LogP contribution in [0.1, 0.15) is 16.7 Å². The van der Waals surface area contributed by atoms with E-state index in [4.69, 9.17) is 14.0 Å². The fourth-order valence-electron chi connectivity index (χ4n) is 1.85. The molecule has 138 valence electrons. The second kappa shape index (κ2) is 7.27. The summed E-state index contributed by atoms with van der Waals surface area (Å²) in [5, 5.41) is 0. The number of methoxy groups -OCH3 is 2. The first-order valence-corrected chi connectivity index (χ1v) is 9.11. The van der Waals surface area contributed by atoms with E-state index in [-0.39, 0.29) is 24.3 Å². The summed E-state index contributed by atoms with van der Waals surface area (Å²) in [5.74, 6) is -0.548. The Bertz CT molecular complexity index is 775. The molecule has 8 nitrogen and oxygen atoms in total. The third-order valence-corrected chi connectivity index (χ3v) is 5.58. The topological polar surface area (TPSA) is 116 Å². The van der Waals surface area contributed by atoms with Gasteiger partial charge in [0.05, 0.1) is 13.2 Å². The van der Waals surface area contributed by atoms with Crippen LogP contribution >= 0.6 is 0 Å². The summed E-state index contributed by atoms with van der Waals surface area (Å²) < 4.78 is 88.6. The Balaban J connectivity index is 3.51. The average Bonchev–Trinajstić information content (AvgIpc) is 2.41. The molecule has 0 aliphatic heterocycles. The molecule has 1 N–H and O–H groups in total. The van der Waals surface area contributed by atoms with E-state index in [0.717, 1.165) is 0 Å². The van der Waals surface area contributed by atoms with Gasteiger partial charge in [-0.2, -0.15) is 25.6 Å². The van der Waals surface area contributed by atoms with Crippen LogP contribution < -0.4 is 4.18 Å². The molecule has 24 heavy (non-hydrogen) atoms. The average molecular weight is 390 g/mol. The molecule has 0 unspecified atom stereocenters. The number of hydrogen-bond acceptors (Lipinski definition) is 7. The molecule has 0 aliphatic rings. The van der Waals surface area contributed by atoms with Gasteiger partial charge in [0.2, 0.25) is 0 Å². The van der Waals surface area contributed by atoms with Gasteiger partial charge >= 0.3 is 24.8 Å². The molecule has 0 spiro atoms. The van der Waals surface area contributed by atoms with Crippen LogP contribution in [0.15, 0.2) is 12.1 Å². The van der Waals surface area contributed by atoms with Gasteiger partial charge in [0.1, 0.15) is 0 Å². The maximum absolute atomic E-state index is 13.5. The molecule has 12 heteroatoms. The quantitative estimate of drug-likeness (QED) is 0.523. The summed E-state index contributed by atoms with van der Waals surface area (Å²) in [7, 11) is -9.73. The van der Waals surface area contributed by atoms with Crippen LogP contribution in [0.2, 0.25) is 0 Å². The number of benzene rings is 1. The summed E-state index contributed by atoms with van der Waals surface area (Å²) in [4.78, 5) is 0. The van der Waals surface area contributed by atoms with Crippen LogP contribution in [0, 0.1) is 6.92 Å². The zero-order valence-corrected chi connectivity index (χ0v) is 14.6.